The number of hydrogen-bond donors (Lipinski definition) is 1. The molecule has 1 saturated carbocycles. The van der Waals surface area contributed by atoms with Crippen LogP contribution in [-0.4, -0.2) is 13.2 Å². The van der Waals surface area contributed by atoms with Gasteiger partial charge < -0.3 is 10.5 Å². The van der Waals surface area contributed by atoms with Gasteiger partial charge in [-0.25, -0.2) is 0 Å². The number of hydrogen-bond acceptors (Lipinski definition) is 2. The first-order chi connectivity index (χ1) is 9.70. The van der Waals surface area contributed by atoms with E-state index in [0.717, 1.165) is 22.8 Å². The van der Waals surface area contributed by atoms with Crippen molar-refractivity contribution in [3.8, 4) is 5.75 Å². The van der Waals surface area contributed by atoms with Gasteiger partial charge in [-0.15, -0.1) is 0 Å². The van der Waals surface area contributed by atoms with Crippen LogP contribution in [0.4, 0.5) is 0 Å². The smallest absolute Gasteiger partial charge is 0.122 e. The third-order valence-electron chi connectivity index (χ3n) is 4.45. The summed E-state index contributed by atoms with van der Waals surface area (Å²) in [4.78, 5) is 0. The van der Waals surface area contributed by atoms with Gasteiger partial charge in [-0.05, 0) is 48.9 Å². The first-order valence-electron chi connectivity index (χ1n) is 7.78. The summed E-state index contributed by atoms with van der Waals surface area (Å²) in [5.41, 5.74) is 7.61. The lowest BCUT2D eigenvalue weighted by Gasteiger charge is -2.26. The fourth-order valence-corrected chi connectivity index (χ4v) is 3.44. The number of methoxy groups -OCH3 is 1. The first kappa shape index (κ1) is 15.7. The molecule has 2 nitrogen and oxygen atoms in total. The maximum atomic E-state index is 6.48. The summed E-state index contributed by atoms with van der Waals surface area (Å²) in [7, 11) is 1.70. The summed E-state index contributed by atoms with van der Waals surface area (Å²) in [6, 6.07) is 6.00. The summed E-state index contributed by atoms with van der Waals surface area (Å²) in [6.45, 7) is 0. The van der Waals surface area contributed by atoms with Crippen LogP contribution < -0.4 is 10.5 Å². The molecule has 0 radical (unpaired) electrons. The van der Waals surface area contributed by atoms with Crippen molar-refractivity contribution in [1.29, 1.82) is 0 Å². The zero-order chi connectivity index (χ0) is 14.4. The predicted molar refractivity (Wildman–Crippen MR) is 85.5 cm³/mol. The Morgan fingerprint density at radius 3 is 2.50 bits per heavy atom. The lowest BCUT2D eigenvalue weighted by atomic mass is 9.83. The van der Waals surface area contributed by atoms with Crippen LogP contribution in [0.1, 0.15) is 50.5 Å². The third-order valence-corrected chi connectivity index (χ3v) is 4.69. The van der Waals surface area contributed by atoms with Gasteiger partial charge in [0.05, 0.1) is 7.11 Å². The minimum absolute atomic E-state index is 0.209. The molecule has 0 amide bonds. The molecule has 0 aliphatic heterocycles. The summed E-state index contributed by atoms with van der Waals surface area (Å²) >= 11 is 6.09. The second-order valence-electron chi connectivity index (χ2n) is 5.93. The second kappa shape index (κ2) is 7.90. The van der Waals surface area contributed by atoms with E-state index < -0.39 is 0 Å². The fourth-order valence-electron chi connectivity index (χ4n) is 3.24. The molecule has 0 heterocycles. The van der Waals surface area contributed by atoms with E-state index in [1.54, 1.807) is 7.11 Å². The largest absolute Gasteiger partial charge is 0.496 e. The molecule has 0 aromatic heterocycles. The molecule has 1 aromatic rings. The van der Waals surface area contributed by atoms with E-state index in [1.807, 2.05) is 18.2 Å². The minimum Gasteiger partial charge on any atom is -0.496 e. The Morgan fingerprint density at radius 2 is 1.85 bits per heavy atom. The molecular weight excluding hydrogens is 270 g/mol. The number of ether oxygens (including phenoxy) is 1. The molecule has 1 unspecified atom stereocenters. The normalized spacial score (nSPS) is 19.1. The molecule has 2 rings (SSSR count). The average molecular weight is 296 g/mol. The molecule has 2 N–H and O–H groups in total. The van der Waals surface area contributed by atoms with E-state index in [1.165, 1.54) is 44.9 Å². The van der Waals surface area contributed by atoms with Crippen molar-refractivity contribution in [2.75, 3.05) is 7.11 Å². The molecule has 0 saturated heterocycles. The molecule has 0 spiro atoms. The summed E-state index contributed by atoms with van der Waals surface area (Å²) in [5.74, 6) is 1.54. The van der Waals surface area contributed by atoms with E-state index in [-0.39, 0.29) is 6.04 Å². The van der Waals surface area contributed by atoms with Crippen LogP contribution in [0.5, 0.6) is 5.75 Å². The van der Waals surface area contributed by atoms with Crippen LogP contribution in [0, 0.1) is 5.92 Å². The quantitative estimate of drug-likeness (QED) is 0.882. The SMILES string of the molecule is COc1ccc(Cl)cc1CC(N)C1CCCCCCC1. The van der Waals surface area contributed by atoms with Crippen molar-refractivity contribution in [3.63, 3.8) is 0 Å². The summed E-state index contributed by atoms with van der Waals surface area (Å²) in [5, 5.41) is 0.755. The van der Waals surface area contributed by atoms with Gasteiger partial charge in [-0.3, -0.25) is 0 Å². The number of halogens is 1. The molecular formula is C17H26ClNO. The Bertz CT molecular complexity index is 413. The third kappa shape index (κ3) is 4.39. The van der Waals surface area contributed by atoms with Crippen molar-refractivity contribution < 1.29 is 4.74 Å². The zero-order valence-corrected chi connectivity index (χ0v) is 13.2. The minimum atomic E-state index is 0.209. The maximum absolute atomic E-state index is 6.48. The Hall–Kier alpha value is -0.730. The van der Waals surface area contributed by atoms with Crippen molar-refractivity contribution in [3.05, 3.63) is 28.8 Å². The molecule has 1 aliphatic carbocycles. The van der Waals surface area contributed by atoms with Crippen LogP contribution in [0.2, 0.25) is 5.02 Å². The van der Waals surface area contributed by atoms with Crippen LogP contribution in [0.25, 0.3) is 0 Å². The van der Waals surface area contributed by atoms with Gasteiger partial charge >= 0.3 is 0 Å². The lowest BCUT2D eigenvalue weighted by Crippen LogP contribution is -2.33. The summed E-state index contributed by atoms with van der Waals surface area (Å²) < 4.78 is 5.42. The van der Waals surface area contributed by atoms with Crippen molar-refractivity contribution in [2.24, 2.45) is 11.7 Å². The van der Waals surface area contributed by atoms with Crippen molar-refractivity contribution >= 4 is 11.6 Å². The Morgan fingerprint density at radius 1 is 1.20 bits per heavy atom. The van der Waals surface area contributed by atoms with E-state index in [2.05, 4.69) is 0 Å². The van der Waals surface area contributed by atoms with Gasteiger partial charge in [0.1, 0.15) is 5.75 Å². The number of rotatable bonds is 4. The Labute approximate surface area is 127 Å². The molecule has 3 heteroatoms. The van der Waals surface area contributed by atoms with Gasteiger partial charge in [0.15, 0.2) is 0 Å². The van der Waals surface area contributed by atoms with Gasteiger partial charge in [0, 0.05) is 11.1 Å². The highest BCUT2D eigenvalue weighted by Crippen LogP contribution is 2.29. The molecule has 1 fully saturated rings. The fraction of sp³-hybridized carbons (Fsp3) is 0.647. The molecule has 0 bridgehead atoms. The second-order valence-corrected chi connectivity index (χ2v) is 6.37. The van der Waals surface area contributed by atoms with Crippen LogP contribution >= 0.6 is 11.6 Å². The zero-order valence-electron chi connectivity index (χ0n) is 12.4. The average Bonchev–Trinajstić information content (AvgIpc) is 2.38. The number of benzene rings is 1. The van der Waals surface area contributed by atoms with Crippen LogP contribution in [0.3, 0.4) is 0 Å². The van der Waals surface area contributed by atoms with Gasteiger partial charge in [-0.2, -0.15) is 0 Å². The van der Waals surface area contributed by atoms with E-state index in [0.29, 0.717) is 5.92 Å². The van der Waals surface area contributed by atoms with Crippen LogP contribution in [-0.2, 0) is 6.42 Å². The van der Waals surface area contributed by atoms with Gasteiger partial charge in [-0.1, -0.05) is 43.7 Å². The topological polar surface area (TPSA) is 35.2 Å². The first-order valence-corrected chi connectivity index (χ1v) is 8.16. The van der Waals surface area contributed by atoms with Crippen LogP contribution in [0.15, 0.2) is 18.2 Å². The monoisotopic (exact) mass is 295 g/mol. The maximum Gasteiger partial charge on any atom is 0.122 e. The van der Waals surface area contributed by atoms with Crippen molar-refractivity contribution in [2.45, 2.75) is 57.4 Å². The van der Waals surface area contributed by atoms with Gasteiger partial charge in [0.25, 0.3) is 0 Å². The highest BCUT2D eigenvalue weighted by Gasteiger charge is 2.20. The molecule has 1 aromatic carbocycles. The van der Waals surface area contributed by atoms with E-state index in [9.17, 15) is 0 Å². The Kier molecular flexibility index (Phi) is 6.18. The molecule has 1 aliphatic rings. The van der Waals surface area contributed by atoms with Gasteiger partial charge in [0.2, 0.25) is 0 Å². The van der Waals surface area contributed by atoms with E-state index >= 15 is 0 Å². The Balaban J connectivity index is 2.02. The van der Waals surface area contributed by atoms with Crippen molar-refractivity contribution in [1.82, 2.24) is 0 Å². The molecule has 1 atom stereocenters. The molecule has 112 valence electrons. The lowest BCUT2D eigenvalue weighted by molar-refractivity contribution is 0.319. The highest BCUT2D eigenvalue weighted by molar-refractivity contribution is 6.30. The predicted octanol–water partition coefficient (Wildman–Crippen LogP) is 4.58. The van der Waals surface area contributed by atoms with E-state index in [4.69, 9.17) is 22.1 Å². The number of nitrogens with two attached hydrogens (primary N) is 1. The molecule has 20 heavy (non-hydrogen) atoms. The standard InChI is InChI=1S/C17H26ClNO/c1-20-17-10-9-15(18)11-14(17)12-16(19)13-7-5-3-2-4-6-8-13/h9-11,13,16H,2-8,12,19H2,1H3. The summed E-state index contributed by atoms with van der Waals surface area (Å²) in [6.07, 6.45) is 10.2. The highest BCUT2D eigenvalue weighted by atomic mass is 35.5.